The van der Waals surface area contributed by atoms with Gasteiger partial charge in [-0.2, -0.15) is 0 Å². The normalized spacial score (nSPS) is 20.9. The van der Waals surface area contributed by atoms with Crippen molar-refractivity contribution in [1.29, 1.82) is 0 Å². The zero-order chi connectivity index (χ0) is 9.86. The van der Waals surface area contributed by atoms with Gasteiger partial charge in [0, 0.05) is 17.5 Å². The van der Waals surface area contributed by atoms with E-state index >= 15 is 0 Å². The van der Waals surface area contributed by atoms with Crippen LogP contribution in [0.3, 0.4) is 0 Å². The van der Waals surface area contributed by atoms with Gasteiger partial charge >= 0.3 is 0 Å². The Labute approximate surface area is 89.1 Å². The van der Waals surface area contributed by atoms with E-state index in [9.17, 15) is 0 Å². The molecule has 14 heavy (non-hydrogen) atoms. The van der Waals surface area contributed by atoms with E-state index in [1.54, 1.807) is 0 Å². The average molecular weight is 211 g/mol. The van der Waals surface area contributed by atoms with Gasteiger partial charge in [-0.1, -0.05) is 23.8 Å². The van der Waals surface area contributed by atoms with Crippen molar-refractivity contribution in [2.75, 3.05) is 0 Å². The van der Waals surface area contributed by atoms with Gasteiger partial charge in [0.25, 0.3) is 0 Å². The minimum absolute atomic E-state index is 0.335. The number of nitrogens with one attached hydrogen (secondary N) is 1. The van der Waals surface area contributed by atoms with Gasteiger partial charge < -0.3 is 5.32 Å². The van der Waals surface area contributed by atoms with E-state index in [0.29, 0.717) is 5.54 Å². The second-order valence-corrected chi connectivity index (χ2v) is 4.98. The predicted octanol–water partition coefficient (Wildman–Crippen LogP) is 2.35. The molecule has 1 N–H and O–H groups in total. The molecule has 1 heterocycles. The van der Waals surface area contributed by atoms with E-state index < -0.39 is 0 Å². The molecule has 4 heteroatoms. The molecule has 0 bridgehead atoms. The van der Waals surface area contributed by atoms with Crippen LogP contribution in [0.25, 0.3) is 0 Å². The molecule has 0 radical (unpaired) electrons. The summed E-state index contributed by atoms with van der Waals surface area (Å²) in [6, 6.07) is 0. The number of nitrogens with zero attached hydrogens (tertiary/aromatic N) is 2. The molecule has 1 aliphatic rings. The third-order valence-corrected chi connectivity index (χ3v) is 3.61. The summed E-state index contributed by atoms with van der Waals surface area (Å²) < 4.78 is 3.86. The first-order valence-corrected chi connectivity index (χ1v) is 6.13. The largest absolute Gasteiger partial charge is 0.306 e. The van der Waals surface area contributed by atoms with E-state index in [1.165, 1.54) is 43.6 Å². The number of rotatable bonds is 3. The maximum atomic E-state index is 4.04. The summed E-state index contributed by atoms with van der Waals surface area (Å²) in [5.74, 6) is 0. The number of aromatic nitrogens is 2. The highest BCUT2D eigenvalue weighted by Gasteiger charge is 2.25. The summed E-state index contributed by atoms with van der Waals surface area (Å²) in [5.41, 5.74) is 1.41. The molecular weight excluding hydrogens is 194 g/mol. The van der Waals surface area contributed by atoms with Crippen LogP contribution < -0.4 is 5.32 Å². The average Bonchev–Trinajstić information content (AvgIpc) is 2.69. The molecular formula is C10H17N3S. The molecule has 0 atom stereocenters. The van der Waals surface area contributed by atoms with E-state index in [1.807, 2.05) is 5.38 Å². The molecule has 0 amide bonds. The lowest BCUT2D eigenvalue weighted by molar-refractivity contribution is 0.251. The second kappa shape index (κ2) is 4.36. The van der Waals surface area contributed by atoms with E-state index in [0.717, 1.165) is 12.2 Å². The SMILES string of the molecule is CC1(NCc2csnn2)CCCCC1. The monoisotopic (exact) mass is 211 g/mol. The van der Waals surface area contributed by atoms with Gasteiger partial charge in [-0.15, -0.1) is 5.10 Å². The molecule has 1 aromatic rings. The van der Waals surface area contributed by atoms with Crippen molar-refractivity contribution < 1.29 is 0 Å². The zero-order valence-corrected chi connectivity index (χ0v) is 9.44. The van der Waals surface area contributed by atoms with Crippen molar-refractivity contribution in [2.24, 2.45) is 0 Å². The lowest BCUT2D eigenvalue weighted by atomic mass is 9.83. The Kier molecular flexibility index (Phi) is 3.13. The van der Waals surface area contributed by atoms with Crippen LogP contribution in [-0.2, 0) is 6.54 Å². The Morgan fingerprint density at radius 1 is 1.43 bits per heavy atom. The first-order valence-electron chi connectivity index (χ1n) is 5.29. The molecule has 1 aliphatic carbocycles. The van der Waals surface area contributed by atoms with Crippen molar-refractivity contribution in [1.82, 2.24) is 14.9 Å². The highest BCUT2D eigenvalue weighted by atomic mass is 32.1. The van der Waals surface area contributed by atoms with Gasteiger partial charge in [0.2, 0.25) is 0 Å². The third kappa shape index (κ3) is 2.51. The summed E-state index contributed by atoms with van der Waals surface area (Å²) in [6.45, 7) is 3.19. The predicted molar refractivity (Wildman–Crippen MR) is 58.2 cm³/mol. The summed E-state index contributed by atoms with van der Waals surface area (Å²) in [6.07, 6.45) is 6.71. The lowest BCUT2D eigenvalue weighted by Crippen LogP contribution is -2.43. The van der Waals surface area contributed by atoms with Crippen LogP contribution in [0.15, 0.2) is 5.38 Å². The zero-order valence-electron chi connectivity index (χ0n) is 8.62. The lowest BCUT2D eigenvalue weighted by Gasteiger charge is -2.34. The van der Waals surface area contributed by atoms with Crippen LogP contribution in [-0.4, -0.2) is 15.1 Å². The maximum absolute atomic E-state index is 4.04. The fraction of sp³-hybridized carbons (Fsp3) is 0.800. The third-order valence-electron chi connectivity index (χ3n) is 3.06. The number of hydrogen-bond donors (Lipinski definition) is 1. The number of hydrogen-bond acceptors (Lipinski definition) is 4. The molecule has 3 nitrogen and oxygen atoms in total. The van der Waals surface area contributed by atoms with Gasteiger partial charge in [0.05, 0.1) is 5.69 Å². The standard InChI is InChI=1S/C10H17N3S/c1-10(5-3-2-4-6-10)11-7-9-8-14-13-12-9/h8,11H,2-7H2,1H3. The molecule has 0 saturated heterocycles. The summed E-state index contributed by atoms with van der Waals surface area (Å²) >= 11 is 1.42. The molecule has 2 rings (SSSR count). The smallest absolute Gasteiger partial charge is 0.0893 e. The molecule has 0 aromatic carbocycles. The van der Waals surface area contributed by atoms with Crippen LogP contribution in [0, 0.1) is 0 Å². The molecule has 78 valence electrons. The van der Waals surface area contributed by atoms with E-state index in [4.69, 9.17) is 0 Å². The van der Waals surface area contributed by atoms with Crippen LogP contribution in [0.1, 0.15) is 44.7 Å². The van der Waals surface area contributed by atoms with Gasteiger partial charge in [0.15, 0.2) is 0 Å². The van der Waals surface area contributed by atoms with Crippen molar-refractivity contribution in [3.8, 4) is 0 Å². The van der Waals surface area contributed by atoms with Crippen LogP contribution >= 0.6 is 11.5 Å². The Bertz CT molecular complexity index is 265. The Morgan fingerprint density at radius 2 is 2.21 bits per heavy atom. The topological polar surface area (TPSA) is 37.8 Å². The van der Waals surface area contributed by atoms with Gasteiger partial charge in [-0.3, -0.25) is 0 Å². The highest BCUT2D eigenvalue weighted by molar-refractivity contribution is 7.03. The van der Waals surface area contributed by atoms with Crippen molar-refractivity contribution in [2.45, 2.75) is 51.1 Å². The van der Waals surface area contributed by atoms with Crippen LogP contribution in [0.4, 0.5) is 0 Å². The quantitative estimate of drug-likeness (QED) is 0.834. The van der Waals surface area contributed by atoms with Gasteiger partial charge in [-0.25, -0.2) is 0 Å². The van der Waals surface area contributed by atoms with Crippen LogP contribution in [0.2, 0.25) is 0 Å². The van der Waals surface area contributed by atoms with Crippen molar-refractivity contribution >= 4 is 11.5 Å². The molecule has 1 saturated carbocycles. The molecule has 0 unspecified atom stereocenters. The van der Waals surface area contributed by atoms with Crippen LogP contribution in [0.5, 0.6) is 0 Å². The Balaban J connectivity index is 1.84. The summed E-state index contributed by atoms with van der Waals surface area (Å²) in [5, 5.41) is 9.66. The summed E-state index contributed by atoms with van der Waals surface area (Å²) in [7, 11) is 0. The van der Waals surface area contributed by atoms with E-state index in [-0.39, 0.29) is 0 Å². The maximum Gasteiger partial charge on any atom is 0.0893 e. The summed E-state index contributed by atoms with van der Waals surface area (Å²) in [4.78, 5) is 0. The molecule has 0 aliphatic heterocycles. The Morgan fingerprint density at radius 3 is 2.86 bits per heavy atom. The van der Waals surface area contributed by atoms with Crippen molar-refractivity contribution in [3.05, 3.63) is 11.1 Å². The van der Waals surface area contributed by atoms with Gasteiger partial charge in [-0.05, 0) is 31.3 Å². The van der Waals surface area contributed by atoms with Gasteiger partial charge in [0.1, 0.15) is 0 Å². The highest BCUT2D eigenvalue weighted by Crippen LogP contribution is 2.27. The first kappa shape index (κ1) is 10.1. The second-order valence-electron chi connectivity index (χ2n) is 4.37. The minimum Gasteiger partial charge on any atom is -0.306 e. The Hall–Kier alpha value is -0.480. The fourth-order valence-electron chi connectivity index (χ4n) is 2.07. The molecule has 1 aromatic heterocycles. The molecule has 0 spiro atoms. The molecule has 1 fully saturated rings. The van der Waals surface area contributed by atoms with Crippen molar-refractivity contribution in [3.63, 3.8) is 0 Å². The first-order chi connectivity index (χ1) is 6.79. The minimum atomic E-state index is 0.335. The fourth-order valence-corrected chi connectivity index (χ4v) is 2.53. The van der Waals surface area contributed by atoms with E-state index in [2.05, 4.69) is 21.8 Å².